The van der Waals surface area contributed by atoms with Gasteiger partial charge < -0.3 is 9.90 Å². The highest BCUT2D eigenvalue weighted by Crippen LogP contribution is 2.64. The van der Waals surface area contributed by atoms with Gasteiger partial charge in [-0.2, -0.15) is 0 Å². The van der Waals surface area contributed by atoms with Gasteiger partial charge in [-0.15, -0.1) is 0 Å². The molecule has 3 aliphatic rings. The summed E-state index contributed by atoms with van der Waals surface area (Å²) in [7, 11) is 0. The third-order valence-corrected chi connectivity index (χ3v) is 4.77. The van der Waals surface area contributed by atoms with Crippen LogP contribution in [0, 0.1) is 23.2 Å². The van der Waals surface area contributed by atoms with E-state index in [2.05, 4.69) is 6.08 Å². The van der Waals surface area contributed by atoms with Crippen molar-refractivity contribution < 1.29 is 9.90 Å². The van der Waals surface area contributed by atoms with Crippen molar-refractivity contribution in [3.8, 4) is 0 Å². The molecule has 2 saturated carbocycles. The molecule has 2 unspecified atom stereocenters. The summed E-state index contributed by atoms with van der Waals surface area (Å²) in [6.45, 7) is 0. The zero-order valence-electron chi connectivity index (χ0n) is 8.23. The minimum Gasteiger partial charge on any atom is -0.389 e. The fourth-order valence-corrected chi connectivity index (χ4v) is 4.30. The lowest BCUT2D eigenvalue weighted by molar-refractivity contribution is -0.111. The molecule has 0 aliphatic heterocycles. The smallest absolute Gasteiger partial charge is 0.120 e. The molecule has 0 radical (unpaired) electrons. The average molecular weight is 192 g/mol. The monoisotopic (exact) mass is 192 g/mol. The molecule has 3 rings (SSSR count). The molecule has 14 heavy (non-hydrogen) atoms. The van der Waals surface area contributed by atoms with Crippen LogP contribution in [0.5, 0.6) is 0 Å². The Balaban J connectivity index is 2.00. The van der Waals surface area contributed by atoms with Gasteiger partial charge in [-0.3, -0.25) is 0 Å². The first-order valence-electron chi connectivity index (χ1n) is 5.59. The number of aliphatic hydroxyl groups excluding tert-OH is 1. The number of carbonyl (C=O) groups excluding carboxylic acids is 1. The molecule has 0 aromatic heterocycles. The lowest BCUT2D eigenvalue weighted by Gasteiger charge is -2.38. The zero-order valence-corrected chi connectivity index (χ0v) is 8.23. The summed E-state index contributed by atoms with van der Waals surface area (Å²) in [4.78, 5) is 10.8. The van der Waals surface area contributed by atoms with E-state index in [4.69, 9.17) is 0 Å². The lowest BCUT2D eigenvalue weighted by Crippen LogP contribution is -2.37. The van der Waals surface area contributed by atoms with Crippen LogP contribution in [0.4, 0.5) is 0 Å². The number of fused-ring (bicyclic) bond motifs is 5. The molecule has 0 amide bonds. The molecule has 0 aromatic rings. The number of hydrogen-bond donors (Lipinski definition) is 1. The van der Waals surface area contributed by atoms with E-state index in [0.29, 0.717) is 24.2 Å². The van der Waals surface area contributed by atoms with Crippen molar-refractivity contribution in [2.75, 3.05) is 0 Å². The standard InChI is InChI=1S/C12H16O2/c13-6-5-12-4-3-10(14)11(12)8-1-2-9(12)7-8/h3-4,6,8-11,14H,1-2,5,7H2/t8-,9+,10+,11?,12?/m1/s1. The summed E-state index contributed by atoms with van der Waals surface area (Å²) in [5.41, 5.74) is 0.0457. The third-order valence-electron chi connectivity index (χ3n) is 4.77. The number of aldehydes is 1. The Labute approximate surface area is 84.0 Å². The summed E-state index contributed by atoms with van der Waals surface area (Å²) in [6.07, 6.45) is 9.17. The number of allylic oxidation sites excluding steroid dienone is 1. The molecular formula is C12H16O2. The van der Waals surface area contributed by atoms with Gasteiger partial charge in [-0.1, -0.05) is 12.2 Å². The van der Waals surface area contributed by atoms with Gasteiger partial charge in [-0.25, -0.2) is 0 Å². The lowest BCUT2D eigenvalue weighted by atomic mass is 9.66. The predicted octanol–water partition coefficient (Wildman–Crippen LogP) is 1.54. The van der Waals surface area contributed by atoms with Gasteiger partial charge in [0.15, 0.2) is 0 Å². The molecule has 1 N–H and O–H groups in total. The fourth-order valence-electron chi connectivity index (χ4n) is 4.30. The maximum absolute atomic E-state index is 10.8. The molecule has 2 fully saturated rings. The van der Waals surface area contributed by atoms with Crippen LogP contribution < -0.4 is 0 Å². The molecule has 2 nitrogen and oxygen atoms in total. The van der Waals surface area contributed by atoms with Crippen LogP contribution in [0.2, 0.25) is 0 Å². The van der Waals surface area contributed by atoms with Crippen LogP contribution in [0.25, 0.3) is 0 Å². The Morgan fingerprint density at radius 3 is 3.14 bits per heavy atom. The second kappa shape index (κ2) is 2.69. The summed E-state index contributed by atoms with van der Waals surface area (Å²) in [5.74, 6) is 1.69. The maximum atomic E-state index is 10.8. The zero-order chi connectivity index (χ0) is 9.76. The SMILES string of the molecule is O=CCC12C=C[C@H](O)C1[C@@H]1CC[C@H]2C1. The minimum atomic E-state index is -0.287. The second-order valence-electron chi connectivity index (χ2n) is 5.13. The normalized spacial score (nSPS) is 53.8. The Bertz CT molecular complexity index is 297. The number of hydrogen-bond acceptors (Lipinski definition) is 2. The highest BCUT2D eigenvalue weighted by Gasteiger charge is 2.60. The van der Waals surface area contributed by atoms with Gasteiger partial charge in [0.1, 0.15) is 6.29 Å². The molecule has 2 heteroatoms. The maximum Gasteiger partial charge on any atom is 0.120 e. The van der Waals surface area contributed by atoms with Crippen molar-refractivity contribution >= 4 is 6.29 Å². The van der Waals surface area contributed by atoms with Gasteiger partial charge in [0.2, 0.25) is 0 Å². The average Bonchev–Trinajstić information content (AvgIpc) is 2.79. The third kappa shape index (κ3) is 0.830. The Hall–Kier alpha value is -0.630. The van der Waals surface area contributed by atoms with E-state index in [1.54, 1.807) is 0 Å². The Kier molecular flexibility index (Phi) is 1.67. The molecule has 3 aliphatic carbocycles. The van der Waals surface area contributed by atoms with Crippen LogP contribution in [-0.2, 0) is 4.79 Å². The van der Waals surface area contributed by atoms with E-state index in [1.165, 1.54) is 19.3 Å². The summed E-state index contributed by atoms with van der Waals surface area (Å²) in [6, 6.07) is 0. The topological polar surface area (TPSA) is 37.3 Å². The molecular weight excluding hydrogens is 176 g/mol. The van der Waals surface area contributed by atoms with Crippen LogP contribution in [0.15, 0.2) is 12.2 Å². The molecule has 76 valence electrons. The molecule has 0 saturated heterocycles. The van der Waals surface area contributed by atoms with E-state index in [-0.39, 0.29) is 11.5 Å². The van der Waals surface area contributed by atoms with E-state index in [9.17, 15) is 9.90 Å². The number of aliphatic hydroxyl groups is 1. The molecule has 2 bridgehead atoms. The number of carbonyl (C=O) groups is 1. The van der Waals surface area contributed by atoms with Crippen molar-refractivity contribution in [1.82, 2.24) is 0 Å². The van der Waals surface area contributed by atoms with Crippen molar-refractivity contribution in [2.24, 2.45) is 23.2 Å². The summed E-state index contributed by atoms with van der Waals surface area (Å²) >= 11 is 0. The first-order valence-corrected chi connectivity index (χ1v) is 5.59. The van der Waals surface area contributed by atoms with Gasteiger partial charge >= 0.3 is 0 Å². The molecule has 0 spiro atoms. The van der Waals surface area contributed by atoms with Crippen LogP contribution in [0.1, 0.15) is 25.7 Å². The fraction of sp³-hybridized carbons (Fsp3) is 0.750. The number of rotatable bonds is 2. The molecule has 0 aromatic carbocycles. The molecule has 0 heterocycles. The second-order valence-corrected chi connectivity index (χ2v) is 5.13. The van der Waals surface area contributed by atoms with Gasteiger partial charge in [0.25, 0.3) is 0 Å². The quantitative estimate of drug-likeness (QED) is 0.532. The first kappa shape index (κ1) is 8.66. The predicted molar refractivity (Wildman–Crippen MR) is 52.6 cm³/mol. The summed E-state index contributed by atoms with van der Waals surface area (Å²) in [5, 5.41) is 9.91. The Morgan fingerprint density at radius 1 is 1.50 bits per heavy atom. The highest BCUT2D eigenvalue weighted by molar-refractivity contribution is 5.53. The van der Waals surface area contributed by atoms with E-state index in [0.717, 1.165) is 6.29 Å². The Morgan fingerprint density at radius 2 is 2.36 bits per heavy atom. The van der Waals surface area contributed by atoms with Gasteiger partial charge in [0.05, 0.1) is 6.10 Å². The first-order chi connectivity index (χ1) is 6.78. The van der Waals surface area contributed by atoms with Crippen LogP contribution in [0.3, 0.4) is 0 Å². The molecule has 5 atom stereocenters. The van der Waals surface area contributed by atoms with Crippen molar-refractivity contribution in [3.05, 3.63) is 12.2 Å². The van der Waals surface area contributed by atoms with E-state index < -0.39 is 0 Å². The van der Waals surface area contributed by atoms with Crippen LogP contribution >= 0.6 is 0 Å². The largest absolute Gasteiger partial charge is 0.389 e. The van der Waals surface area contributed by atoms with Crippen molar-refractivity contribution in [1.29, 1.82) is 0 Å². The van der Waals surface area contributed by atoms with E-state index >= 15 is 0 Å². The minimum absolute atomic E-state index is 0.0457. The van der Waals surface area contributed by atoms with Crippen LogP contribution in [-0.4, -0.2) is 17.5 Å². The van der Waals surface area contributed by atoms with Crippen molar-refractivity contribution in [2.45, 2.75) is 31.8 Å². The highest BCUT2D eigenvalue weighted by atomic mass is 16.3. The van der Waals surface area contributed by atoms with Crippen molar-refractivity contribution in [3.63, 3.8) is 0 Å². The summed E-state index contributed by atoms with van der Waals surface area (Å²) < 4.78 is 0. The van der Waals surface area contributed by atoms with E-state index in [1.807, 2.05) is 6.08 Å². The van der Waals surface area contributed by atoms with Gasteiger partial charge in [0, 0.05) is 17.8 Å². The van der Waals surface area contributed by atoms with Gasteiger partial charge in [-0.05, 0) is 31.1 Å².